The first kappa shape index (κ1) is 13.9. The molecule has 0 saturated heterocycles. The molecule has 0 spiro atoms. The lowest BCUT2D eigenvalue weighted by atomic mass is 10.1. The molecule has 0 bridgehead atoms. The highest BCUT2D eigenvalue weighted by Gasteiger charge is 2.19. The van der Waals surface area contributed by atoms with Crippen molar-refractivity contribution in [3.8, 4) is 11.4 Å². The second-order valence-electron chi connectivity index (χ2n) is 4.69. The van der Waals surface area contributed by atoms with Crippen molar-refractivity contribution in [2.45, 2.75) is 19.4 Å². The molecule has 0 aliphatic carbocycles. The Kier molecular flexibility index (Phi) is 3.64. The third kappa shape index (κ3) is 3.00. The standard InChI is InChI=1S/C12H13N7O3/c1-19-6-7(4-14-19)11-15-10(22-18-11)5-13-12(21)8-2-3-9(20)17-16-8/h4,6H,2-3,5H2,1H3,(H,13,21)(H,17,20). The predicted octanol–water partition coefficient (Wildman–Crippen LogP) is -0.648. The zero-order valence-corrected chi connectivity index (χ0v) is 11.7. The fourth-order valence-electron chi connectivity index (χ4n) is 1.88. The van der Waals surface area contributed by atoms with Gasteiger partial charge in [-0.2, -0.15) is 15.2 Å². The summed E-state index contributed by atoms with van der Waals surface area (Å²) in [5.74, 6) is 0.1000. The van der Waals surface area contributed by atoms with Crippen LogP contribution in [0.15, 0.2) is 22.0 Å². The second kappa shape index (κ2) is 5.76. The van der Waals surface area contributed by atoms with Crippen LogP contribution < -0.4 is 10.7 Å². The van der Waals surface area contributed by atoms with Gasteiger partial charge >= 0.3 is 0 Å². The maximum absolute atomic E-state index is 11.9. The number of hydrazone groups is 1. The minimum atomic E-state index is -0.374. The van der Waals surface area contributed by atoms with Gasteiger partial charge in [0.05, 0.1) is 18.3 Å². The molecule has 0 saturated carbocycles. The highest BCUT2D eigenvalue weighted by atomic mass is 16.5. The van der Waals surface area contributed by atoms with E-state index in [9.17, 15) is 9.59 Å². The van der Waals surface area contributed by atoms with Gasteiger partial charge in [0.25, 0.3) is 5.91 Å². The number of hydrogen-bond acceptors (Lipinski definition) is 7. The monoisotopic (exact) mass is 303 g/mol. The highest BCUT2D eigenvalue weighted by molar-refractivity contribution is 6.39. The Labute approximate surface area is 124 Å². The summed E-state index contributed by atoms with van der Waals surface area (Å²) < 4.78 is 6.69. The first-order valence-electron chi connectivity index (χ1n) is 6.57. The van der Waals surface area contributed by atoms with Gasteiger partial charge in [-0.3, -0.25) is 14.3 Å². The zero-order valence-electron chi connectivity index (χ0n) is 11.7. The summed E-state index contributed by atoms with van der Waals surface area (Å²) in [5.41, 5.74) is 3.26. The van der Waals surface area contributed by atoms with Gasteiger partial charge in [-0.25, -0.2) is 5.43 Å². The van der Waals surface area contributed by atoms with E-state index in [4.69, 9.17) is 4.52 Å². The fourth-order valence-corrected chi connectivity index (χ4v) is 1.88. The number of rotatable bonds is 4. The molecule has 0 unspecified atom stereocenters. The number of nitrogens with one attached hydrogen (secondary N) is 2. The van der Waals surface area contributed by atoms with Gasteiger partial charge in [0.2, 0.25) is 17.6 Å². The van der Waals surface area contributed by atoms with E-state index in [1.807, 2.05) is 0 Å². The summed E-state index contributed by atoms with van der Waals surface area (Å²) >= 11 is 0. The second-order valence-corrected chi connectivity index (χ2v) is 4.69. The quantitative estimate of drug-likeness (QED) is 0.772. The summed E-state index contributed by atoms with van der Waals surface area (Å²) in [7, 11) is 1.79. The summed E-state index contributed by atoms with van der Waals surface area (Å²) in [6, 6.07) is 0. The largest absolute Gasteiger partial charge is 0.342 e. The van der Waals surface area contributed by atoms with Crippen LogP contribution in [-0.2, 0) is 23.2 Å². The van der Waals surface area contributed by atoms with Crippen LogP contribution in [0.5, 0.6) is 0 Å². The molecule has 0 radical (unpaired) electrons. The number of aryl methyl sites for hydroxylation is 1. The lowest BCUT2D eigenvalue weighted by Gasteiger charge is -2.10. The van der Waals surface area contributed by atoms with Crippen molar-refractivity contribution in [2.24, 2.45) is 12.1 Å². The Morgan fingerprint density at radius 3 is 3.05 bits per heavy atom. The average Bonchev–Trinajstić information content (AvgIpc) is 3.14. The molecule has 2 aromatic heterocycles. The molecule has 0 aromatic carbocycles. The Morgan fingerprint density at radius 1 is 1.50 bits per heavy atom. The predicted molar refractivity (Wildman–Crippen MR) is 73.2 cm³/mol. The molecule has 3 rings (SSSR count). The molecule has 2 N–H and O–H groups in total. The molecule has 10 nitrogen and oxygen atoms in total. The van der Waals surface area contributed by atoms with Gasteiger partial charge < -0.3 is 9.84 Å². The SMILES string of the molecule is Cn1cc(-c2noc(CNC(=O)C3=NNC(=O)CC3)n2)cn1. The van der Waals surface area contributed by atoms with Crippen LogP contribution in [0, 0.1) is 0 Å². The summed E-state index contributed by atoms with van der Waals surface area (Å²) in [4.78, 5) is 27.0. The molecule has 2 amide bonds. The third-order valence-corrected chi connectivity index (χ3v) is 3.00. The molecule has 2 aromatic rings. The van der Waals surface area contributed by atoms with E-state index in [0.29, 0.717) is 12.2 Å². The molecule has 0 atom stereocenters. The number of amides is 2. The molecule has 114 valence electrons. The van der Waals surface area contributed by atoms with Crippen LogP contribution in [0.1, 0.15) is 18.7 Å². The number of carbonyl (C=O) groups excluding carboxylic acids is 2. The van der Waals surface area contributed by atoms with Crippen LogP contribution in [0.25, 0.3) is 11.4 Å². The highest BCUT2D eigenvalue weighted by Crippen LogP contribution is 2.13. The first-order chi connectivity index (χ1) is 10.6. The Bertz CT molecular complexity index is 745. The molecule has 10 heteroatoms. The van der Waals surface area contributed by atoms with Crippen molar-refractivity contribution < 1.29 is 14.1 Å². The lowest BCUT2D eigenvalue weighted by Crippen LogP contribution is -2.36. The lowest BCUT2D eigenvalue weighted by molar-refractivity contribution is -0.121. The van der Waals surface area contributed by atoms with Crippen molar-refractivity contribution in [3.63, 3.8) is 0 Å². The number of aromatic nitrogens is 4. The molecule has 1 aliphatic rings. The van der Waals surface area contributed by atoms with Crippen LogP contribution in [0.4, 0.5) is 0 Å². The van der Waals surface area contributed by atoms with Crippen molar-refractivity contribution >= 4 is 17.5 Å². The molecular weight excluding hydrogens is 290 g/mol. The average molecular weight is 303 g/mol. The third-order valence-electron chi connectivity index (χ3n) is 3.00. The van der Waals surface area contributed by atoms with Gasteiger partial charge in [-0.1, -0.05) is 5.16 Å². The molecule has 1 aliphatic heterocycles. The van der Waals surface area contributed by atoms with Crippen LogP contribution in [-0.4, -0.2) is 37.4 Å². The number of hydrogen-bond donors (Lipinski definition) is 2. The van der Waals surface area contributed by atoms with E-state index in [1.54, 1.807) is 24.1 Å². The van der Waals surface area contributed by atoms with Crippen LogP contribution in [0.3, 0.4) is 0 Å². The van der Waals surface area contributed by atoms with Gasteiger partial charge in [0.1, 0.15) is 5.71 Å². The van der Waals surface area contributed by atoms with E-state index in [2.05, 4.69) is 31.1 Å². The van der Waals surface area contributed by atoms with Crippen molar-refractivity contribution in [1.29, 1.82) is 0 Å². The van der Waals surface area contributed by atoms with E-state index in [1.165, 1.54) is 0 Å². The summed E-state index contributed by atoms with van der Waals surface area (Å²) in [5, 5.41) is 14.2. The number of nitrogens with zero attached hydrogens (tertiary/aromatic N) is 5. The first-order valence-corrected chi connectivity index (χ1v) is 6.57. The zero-order chi connectivity index (χ0) is 15.5. The molecule has 22 heavy (non-hydrogen) atoms. The van der Waals surface area contributed by atoms with E-state index in [0.717, 1.165) is 5.56 Å². The van der Waals surface area contributed by atoms with E-state index in [-0.39, 0.29) is 36.4 Å². The summed E-state index contributed by atoms with van der Waals surface area (Å²) in [6.45, 7) is 0.0824. The Hall–Kier alpha value is -3.04. The van der Waals surface area contributed by atoms with Crippen LogP contribution in [0.2, 0.25) is 0 Å². The van der Waals surface area contributed by atoms with Crippen LogP contribution >= 0.6 is 0 Å². The molecule has 0 fully saturated rings. The number of carbonyl (C=O) groups is 2. The Morgan fingerprint density at radius 2 is 2.36 bits per heavy atom. The topological polar surface area (TPSA) is 127 Å². The maximum atomic E-state index is 11.9. The van der Waals surface area contributed by atoms with Gasteiger partial charge in [-0.05, 0) is 0 Å². The fraction of sp³-hybridized carbons (Fsp3) is 0.333. The van der Waals surface area contributed by atoms with Gasteiger partial charge in [0, 0.05) is 26.1 Å². The van der Waals surface area contributed by atoms with E-state index < -0.39 is 0 Å². The van der Waals surface area contributed by atoms with Crippen molar-refractivity contribution in [3.05, 3.63) is 18.3 Å². The maximum Gasteiger partial charge on any atom is 0.267 e. The van der Waals surface area contributed by atoms with Crippen molar-refractivity contribution in [1.82, 2.24) is 30.7 Å². The molecular formula is C12H13N7O3. The normalized spacial score (nSPS) is 14.4. The van der Waals surface area contributed by atoms with E-state index >= 15 is 0 Å². The molecule has 3 heterocycles. The Balaban J connectivity index is 1.59. The van der Waals surface area contributed by atoms with Gasteiger partial charge in [-0.15, -0.1) is 0 Å². The van der Waals surface area contributed by atoms with Gasteiger partial charge in [0.15, 0.2) is 0 Å². The minimum absolute atomic E-state index is 0.0824. The smallest absolute Gasteiger partial charge is 0.267 e. The summed E-state index contributed by atoms with van der Waals surface area (Å²) in [6.07, 6.45) is 3.93. The van der Waals surface area contributed by atoms with Crippen molar-refractivity contribution in [2.75, 3.05) is 0 Å². The minimum Gasteiger partial charge on any atom is -0.342 e.